The molecule has 130 valence electrons. The van der Waals surface area contributed by atoms with Crippen molar-refractivity contribution in [2.75, 3.05) is 19.8 Å². The molecule has 2 saturated heterocycles. The van der Waals surface area contributed by atoms with E-state index in [4.69, 9.17) is 9.47 Å². The number of ether oxygens (including phenoxy) is 2. The first kappa shape index (κ1) is 15.9. The molecule has 3 aliphatic rings. The molecule has 2 aliphatic heterocycles. The summed E-state index contributed by atoms with van der Waals surface area (Å²) in [6, 6.07) is 11.0. The van der Waals surface area contributed by atoms with Crippen molar-refractivity contribution < 1.29 is 14.3 Å². The van der Waals surface area contributed by atoms with Crippen LogP contribution in [0.15, 0.2) is 30.3 Å². The van der Waals surface area contributed by atoms with E-state index in [-0.39, 0.29) is 17.7 Å². The molecule has 2 atom stereocenters. The first-order valence-corrected chi connectivity index (χ1v) is 9.06. The number of carbonyl (C=O) groups excluding carboxylic acids is 1. The van der Waals surface area contributed by atoms with E-state index in [1.807, 2.05) is 6.07 Å². The summed E-state index contributed by atoms with van der Waals surface area (Å²) < 4.78 is 11.4. The first-order valence-electron chi connectivity index (χ1n) is 9.06. The minimum absolute atomic E-state index is 0.0347. The van der Waals surface area contributed by atoms with Crippen molar-refractivity contribution in [3.05, 3.63) is 35.9 Å². The summed E-state index contributed by atoms with van der Waals surface area (Å²) in [5.41, 5.74) is 1.22. The van der Waals surface area contributed by atoms with Gasteiger partial charge in [0, 0.05) is 31.7 Å². The SMILES string of the molecule is O=C(NC1CC(c2ccccc2)C1)N[C@H]1CCO[C@]2(CCOC2)C1. The Hall–Kier alpha value is -1.59. The standard InChI is InChI=1S/C19H26N2O3/c22-18(20-16-6-8-24-19(12-16)7-9-23-13-19)21-17-10-15(11-17)14-4-2-1-3-5-14/h1-5,15-17H,6-13H2,(H2,20,21,22)/t15?,16-,17?,19+/m0/s1. The molecule has 5 nitrogen and oxygen atoms in total. The molecule has 2 heterocycles. The van der Waals surface area contributed by atoms with E-state index in [9.17, 15) is 4.79 Å². The minimum Gasteiger partial charge on any atom is -0.378 e. The van der Waals surface area contributed by atoms with Gasteiger partial charge < -0.3 is 20.1 Å². The zero-order valence-electron chi connectivity index (χ0n) is 14.0. The summed E-state index contributed by atoms with van der Waals surface area (Å²) in [5, 5.41) is 6.26. The van der Waals surface area contributed by atoms with Crippen LogP contribution in [0.2, 0.25) is 0 Å². The molecule has 0 bridgehead atoms. The van der Waals surface area contributed by atoms with Crippen LogP contribution in [-0.2, 0) is 9.47 Å². The summed E-state index contributed by atoms with van der Waals surface area (Å²) in [5.74, 6) is 0.582. The van der Waals surface area contributed by atoms with Crippen molar-refractivity contribution in [3.8, 4) is 0 Å². The highest BCUT2D eigenvalue weighted by Crippen LogP contribution is 2.37. The Morgan fingerprint density at radius 3 is 2.62 bits per heavy atom. The van der Waals surface area contributed by atoms with Crippen LogP contribution in [-0.4, -0.2) is 43.5 Å². The fourth-order valence-electron chi connectivity index (χ4n) is 4.16. The van der Waals surface area contributed by atoms with E-state index < -0.39 is 0 Å². The van der Waals surface area contributed by atoms with Crippen molar-refractivity contribution in [1.29, 1.82) is 0 Å². The summed E-state index contributed by atoms with van der Waals surface area (Å²) in [4.78, 5) is 12.3. The molecule has 24 heavy (non-hydrogen) atoms. The Balaban J connectivity index is 1.22. The summed E-state index contributed by atoms with van der Waals surface area (Å²) in [6.45, 7) is 2.13. The molecule has 1 aromatic rings. The van der Waals surface area contributed by atoms with E-state index in [2.05, 4.69) is 34.9 Å². The van der Waals surface area contributed by atoms with Gasteiger partial charge in [0.05, 0.1) is 12.2 Å². The maximum Gasteiger partial charge on any atom is 0.315 e. The molecular formula is C19H26N2O3. The second kappa shape index (κ2) is 6.73. The summed E-state index contributed by atoms with van der Waals surface area (Å²) in [6.07, 6.45) is 4.74. The molecule has 3 fully saturated rings. The molecule has 2 amide bonds. The lowest BCUT2D eigenvalue weighted by Crippen LogP contribution is -2.54. The van der Waals surface area contributed by atoms with Gasteiger partial charge in [0.1, 0.15) is 0 Å². The Morgan fingerprint density at radius 1 is 1.08 bits per heavy atom. The zero-order valence-corrected chi connectivity index (χ0v) is 14.0. The Kier molecular flexibility index (Phi) is 4.46. The molecule has 1 spiro atoms. The number of amides is 2. The highest BCUT2D eigenvalue weighted by molar-refractivity contribution is 5.74. The van der Waals surface area contributed by atoms with Gasteiger partial charge in [0.2, 0.25) is 0 Å². The van der Waals surface area contributed by atoms with E-state index in [0.29, 0.717) is 25.2 Å². The molecule has 4 rings (SSSR count). The summed E-state index contributed by atoms with van der Waals surface area (Å²) in [7, 11) is 0. The number of rotatable bonds is 3. The zero-order chi connectivity index (χ0) is 16.4. The number of urea groups is 1. The second-order valence-corrected chi connectivity index (χ2v) is 7.42. The van der Waals surface area contributed by atoms with E-state index >= 15 is 0 Å². The fourth-order valence-corrected chi connectivity index (χ4v) is 4.16. The van der Waals surface area contributed by atoms with Crippen LogP contribution < -0.4 is 10.6 Å². The molecule has 5 heteroatoms. The lowest BCUT2D eigenvalue weighted by atomic mass is 9.76. The van der Waals surface area contributed by atoms with Crippen molar-refractivity contribution >= 4 is 6.03 Å². The van der Waals surface area contributed by atoms with E-state index in [0.717, 1.165) is 38.7 Å². The molecule has 0 unspecified atom stereocenters. The quantitative estimate of drug-likeness (QED) is 0.895. The van der Waals surface area contributed by atoms with Crippen LogP contribution in [0.4, 0.5) is 4.79 Å². The van der Waals surface area contributed by atoms with Gasteiger partial charge in [-0.1, -0.05) is 30.3 Å². The Morgan fingerprint density at radius 2 is 1.88 bits per heavy atom. The largest absolute Gasteiger partial charge is 0.378 e. The third kappa shape index (κ3) is 3.42. The molecule has 1 saturated carbocycles. The average Bonchev–Trinajstić information content (AvgIpc) is 2.99. The predicted octanol–water partition coefficient (Wildman–Crippen LogP) is 2.57. The molecule has 1 aromatic carbocycles. The fraction of sp³-hybridized carbons (Fsp3) is 0.632. The molecule has 0 aromatic heterocycles. The molecular weight excluding hydrogens is 304 g/mol. The average molecular weight is 330 g/mol. The van der Waals surface area contributed by atoms with Crippen molar-refractivity contribution in [2.24, 2.45) is 0 Å². The number of hydrogen-bond donors (Lipinski definition) is 2. The van der Waals surface area contributed by atoms with E-state index in [1.165, 1.54) is 5.56 Å². The van der Waals surface area contributed by atoms with Gasteiger partial charge in [-0.05, 0) is 37.2 Å². The molecule has 2 N–H and O–H groups in total. The number of nitrogens with one attached hydrogen (secondary N) is 2. The normalized spacial score (nSPS) is 35.4. The van der Waals surface area contributed by atoms with Crippen molar-refractivity contribution in [2.45, 2.75) is 55.7 Å². The third-order valence-corrected chi connectivity index (χ3v) is 5.64. The van der Waals surface area contributed by atoms with E-state index in [1.54, 1.807) is 0 Å². The molecule has 0 radical (unpaired) electrons. The van der Waals surface area contributed by atoms with Crippen LogP contribution in [0.25, 0.3) is 0 Å². The van der Waals surface area contributed by atoms with Gasteiger partial charge in [0.25, 0.3) is 0 Å². The second-order valence-electron chi connectivity index (χ2n) is 7.42. The Bertz CT molecular complexity index is 565. The van der Waals surface area contributed by atoms with Crippen LogP contribution in [0.5, 0.6) is 0 Å². The van der Waals surface area contributed by atoms with Gasteiger partial charge in [-0.15, -0.1) is 0 Å². The van der Waals surface area contributed by atoms with Crippen molar-refractivity contribution in [1.82, 2.24) is 10.6 Å². The highest BCUT2D eigenvalue weighted by Gasteiger charge is 2.41. The van der Waals surface area contributed by atoms with Crippen molar-refractivity contribution in [3.63, 3.8) is 0 Å². The van der Waals surface area contributed by atoms with Gasteiger partial charge in [-0.2, -0.15) is 0 Å². The van der Waals surface area contributed by atoms with Crippen LogP contribution >= 0.6 is 0 Å². The molecule has 1 aliphatic carbocycles. The van der Waals surface area contributed by atoms with Gasteiger partial charge >= 0.3 is 6.03 Å². The topological polar surface area (TPSA) is 59.6 Å². The lowest BCUT2D eigenvalue weighted by molar-refractivity contribution is -0.0878. The minimum atomic E-state index is -0.162. The highest BCUT2D eigenvalue weighted by atomic mass is 16.6. The predicted molar refractivity (Wildman–Crippen MR) is 91.0 cm³/mol. The van der Waals surface area contributed by atoms with Gasteiger partial charge in [0.15, 0.2) is 0 Å². The van der Waals surface area contributed by atoms with Gasteiger partial charge in [-0.25, -0.2) is 4.79 Å². The lowest BCUT2D eigenvalue weighted by Gasteiger charge is -2.39. The maximum absolute atomic E-state index is 12.3. The number of carbonyl (C=O) groups is 1. The van der Waals surface area contributed by atoms with Gasteiger partial charge in [-0.3, -0.25) is 0 Å². The van der Waals surface area contributed by atoms with Crippen LogP contribution in [0, 0.1) is 0 Å². The number of hydrogen-bond acceptors (Lipinski definition) is 3. The third-order valence-electron chi connectivity index (χ3n) is 5.64. The smallest absolute Gasteiger partial charge is 0.315 e. The Labute approximate surface area is 143 Å². The monoisotopic (exact) mass is 330 g/mol. The first-order chi connectivity index (χ1) is 11.7. The summed E-state index contributed by atoms with van der Waals surface area (Å²) >= 11 is 0. The van der Waals surface area contributed by atoms with Crippen LogP contribution in [0.3, 0.4) is 0 Å². The number of benzene rings is 1. The maximum atomic E-state index is 12.3. The van der Waals surface area contributed by atoms with Crippen LogP contribution in [0.1, 0.15) is 43.6 Å².